The predicted octanol–water partition coefficient (Wildman–Crippen LogP) is 2.61. The Morgan fingerprint density at radius 3 is 1.51 bits per heavy atom. The van der Waals surface area contributed by atoms with E-state index in [4.69, 9.17) is 14.2 Å². The molecule has 41 heavy (non-hydrogen) atoms. The molecule has 0 aromatic heterocycles. The minimum atomic E-state index is -1.67. The van der Waals surface area contributed by atoms with Crippen molar-refractivity contribution < 1.29 is 50.0 Å². The maximum absolute atomic E-state index is 10.7. The highest BCUT2D eigenvalue weighted by Crippen LogP contribution is 2.33. The van der Waals surface area contributed by atoms with E-state index in [0.717, 1.165) is 18.6 Å². The fourth-order valence-electron chi connectivity index (χ4n) is 5.54. The van der Waals surface area contributed by atoms with Crippen LogP contribution in [0.25, 0.3) is 0 Å². The number of thioether (sulfide) groups is 1. The first kappa shape index (κ1) is 37.1. The molecule has 0 bridgehead atoms. The van der Waals surface area contributed by atoms with Crippen molar-refractivity contribution in [3.63, 3.8) is 0 Å². The lowest BCUT2D eigenvalue weighted by Crippen LogP contribution is -2.64. The predicted molar refractivity (Wildman–Crippen MR) is 158 cm³/mol. The normalized spacial score (nSPS) is 34.2. The fraction of sp³-hybridized carbons (Fsp3) is 1.00. The molecule has 2 fully saturated rings. The van der Waals surface area contributed by atoms with Crippen LogP contribution in [-0.4, -0.2) is 115 Å². The molecule has 0 radical (unpaired) electrons. The van der Waals surface area contributed by atoms with Gasteiger partial charge < -0.3 is 50.0 Å². The first-order valence-electron chi connectivity index (χ1n) is 16.1. The number of ether oxygens (including phenoxy) is 3. The fourth-order valence-corrected chi connectivity index (χ4v) is 6.73. The molecule has 0 spiro atoms. The summed E-state index contributed by atoms with van der Waals surface area (Å²) in [7, 11) is 0. The molecule has 2 heterocycles. The van der Waals surface area contributed by atoms with Gasteiger partial charge in [-0.05, 0) is 12.2 Å². The van der Waals surface area contributed by atoms with Gasteiger partial charge in [0.05, 0.1) is 13.2 Å². The Labute approximate surface area is 250 Å². The summed E-state index contributed by atoms with van der Waals surface area (Å²) in [6.07, 6.45) is 8.14. The van der Waals surface area contributed by atoms with Crippen LogP contribution in [0.1, 0.15) is 110 Å². The summed E-state index contributed by atoms with van der Waals surface area (Å²) >= 11 is 1.38. The van der Waals surface area contributed by atoms with Crippen LogP contribution in [0.15, 0.2) is 0 Å². The third kappa shape index (κ3) is 12.8. The van der Waals surface area contributed by atoms with Crippen LogP contribution >= 0.6 is 11.8 Å². The lowest BCUT2D eigenvalue weighted by Gasteiger charge is -2.46. The first-order chi connectivity index (χ1) is 19.8. The van der Waals surface area contributed by atoms with Gasteiger partial charge in [-0.25, -0.2) is 0 Å². The molecule has 0 aliphatic carbocycles. The highest BCUT2D eigenvalue weighted by atomic mass is 32.2. The van der Waals surface area contributed by atoms with Gasteiger partial charge in [0.1, 0.15) is 54.3 Å². The Balaban J connectivity index is 1.56. The summed E-state index contributed by atoms with van der Waals surface area (Å²) < 4.78 is 16.8. The van der Waals surface area contributed by atoms with E-state index in [0.29, 0.717) is 0 Å². The van der Waals surface area contributed by atoms with Gasteiger partial charge in [-0.1, -0.05) is 103 Å². The minimum Gasteiger partial charge on any atom is -0.394 e. The lowest BCUT2D eigenvalue weighted by atomic mass is 9.97. The lowest BCUT2D eigenvalue weighted by molar-refractivity contribution is -0.338. The number of hydrogen-bond acceptors (Lipinski definition) is 11. The highest BCUT2D eigenvalue weighted by molar-refractivity contribution is 7.99. The molecule has 0 unspecified atom stereocenters. The van der Waals surface area contributed by atoms with E-state index in [9.17, 15) is 35.7 Å². The molecule has 0 saturated carbocycles. The quantitative estimate of drug-likeness (QED) is 0.0900. The summed E-state index contributed by atoms with van der Waals surface area (Å²) in [6.45, 7) is 1.12. The summed E-state index contributed by atoms with van der Waals surface area (Å²) in [5.41, 5.74) is -0.756. The Kier molecular flexibility index (Phi) is 19.6. The average molecular weight is 611 g/mol. The van der Waals surface area contributed by atoms with E-state index in [1.54, 1.807) is 0 Å². The summed E-state index contributed by atoms with van der Waals surface area (Å²) in [4.78, 5) is 0. The highest BCUT2D eigenvalue weighted by Gasteiger charge is 2.50. The number of rotatable bonds is 22. The van der Waals surface area contributed by atoms with Crippen molar-refractivity contribution in [2.75, 3.05) is 19.0 Å². The number of hydrogen-bond donors (Lipinski definition) is 7. The molecule has 244 valence electrons. The van der Waals surface area contributed by atoms with Crippen molar-refractivity contribution >= 4 is 11.8 Å². The van der Waals surface area contributed by atoms with Gasteiger partial charge >= 0.3 is 0 Å². The van der Waals surface area contributed by atoms with E-state index in [-0.39, 0.29) is 0 Å². The van der Waals surface area contributed by atoms with Crippen molar-refractivity contribution in [2.45, 2.75) is 170 Å². The van der Waals surface area contributed by atoms with E-state index < -0.39 is 73.8 Å². The van der Waals surface area contributed by atoms with Gasteiger partial charge in [-0.3, -0.25) is 0 Å². The topological polar surface area (TPSA) is 169 Å². The van der Waals surface area contributed by atoms with Gasteiger partial charge in [0.2, 0.25) is 0 Å². The Morgan fingerprint density at radius 1 is 0.537 bits per heavy atom. The molecular formula is C30H58O10S. The monoisotopic (exact) mass is 610 g/mol. The molecule has 0 aromatic carbocycles. The number of aliphatic hydroxyl groups is 7. The zero-order valence-electron chi connectivity index (χ0n) is 25.0. The van der Waals surface area contributed by atoms with Crippen molar-refractivity contribution in [1.29, 1.82) is 0 Å². The average Bonchev–Trinajstić information content (AvgIpc) is 2.98. The molecule has 10 atom stereocenters. The third-order valence-electron chi connectivity index (χ3n) is 8.24. The summed E-state index contributed by atoms with van der Waals surface area (Å²) in [5, 5.41) is 70.8. The van der Waals surface area contributed by atoms with Crippen molar-refractivity contribution in [2.24, 2.45) is 0 Å². The van der Waals surface area contributed by atoms with Crippen LogP contribution in [0.4, 0.5) is 0 Å². The molecule has 2 saturated heterocycles. The largest absolute Gasteiger partial charge is 0.394 e. The second kappa shape index (κ2) is 21.6. The van der Waals surface area contributed by atoms with Crippen LogP contribution in [0.5, 0.6) is 0 Å². The molecule has 2 rings (SSSR count). The van der Waals surface area contributed by atoms with Crippen molar-refractivity contribution in [3.8, 4) is 0 Å². The van der Waals surface area contributed by atoms with Gasteiger partial charge in [0.15, 0.2) is 6.29 Å². The smallest absolute Gasteiger partial charge is 0.187 e. The number of unbranched alkanes of at least 4 members (excludes halogenated alkanes) is 15. The van der Waals surface area contributed by atoms with Gasteiger partial charge in [-0.15, -0.1) is 11.8 Å². The molecule has 0 aromatic rings. The standard InChI is InChI=1S/C30H58O10S/c1-2-3-4-5-6-7-8-9-10-11-12-13-14-15-16-17-18-41-30-27(37)25(35)28(22(20-32)39-30)40-29-26(36)24(34)23(33)21(19-31)38-29/h21-37H,2-20H2,1H3/t21-,22-,23-,24+,25-,26-,27-,28-,29-,30+/m1/s1. The second-order valence-corrected chi connectivity index (χ2v) is 12.9. The van der Waals surface area contributed by atoms with Crippen molar-refractivity contribution in [1.82, 2.24) is 0 Å². The maximum Gasteiger partial charge on any atom is 0.187 e. The Bertz CT molecular complexity index is 642. The van der Waals surface area contributed by atoms with E-state index in [1.807, 2.05) is 0 Å². The summed E-state index contributed by atoms with van der Waals surface area (Å²) in [6, 6.07) is 0. The Hall–Kier alpha value is -0.0500. The zero-order valence-corrected chi connectivity index (χ0v) is 25.8. The molecular weight excluding hydrogens is 552 g/mol. The van der Waals surface area contributed by atoms with Gasteiger partial charge in [-0.2, -0.15) is 0 Å². The van der Waals surface area contributed by atoms with Crippen LogP contribution in [-0.2, 0) is 14.2 Å². The van der Waals surface area contributed by atoms with Crippen LogP contribution in [0, 0.1) is 0 Å². The first-order valence-corrected chi connectivity index (χ1v) is 17.1. The second-order valence-electron chi connectivity index (χ2n) is 11.7. The molecule has 2 aliphatic rings. The summed E-state index contributed by atoms with van der Waals surface area (Å²) in [5.74, 6) is 0.739. The molecule has 11 heteroatoms. The zero-order chi connectivity index (χ0) is 30.0. The van der Waals surface area contributed by atoms with E-state index in [1.165, 1.54) is 102 Å². The molecule has 7 N–H and O–H groups in total. The molecule has 2 aliphatic heterocycles. The maximum atomic E-state index is 10.7. The molecule has 0 amide bonds. The Morgan fingerprint density at radius 2 is 1.02 bits per heavy atom. The minimum absolute atomic E-state index is 0.512. The van der Waals surface area contributed by atoms with E-state index >= 15 is 0 Å². The van der Waals surface area contributed by atoms with Crippen molar-refractivity contribution in [3.05, 3.63) is 0 Å². The van der Waals surface area contributed by atoms with Crippen LogP contribution in [0.2, 0.25) is 0 Å². The molecule has 10 nitrogen and oxygen atoms in total. The third-order valence-corrected chi connectivity index (χ3v) is 9.48. The van der Waals surface area contributed by atoms with Crippen LogP contribution < -0.4 is 0 Å². The van der Waals surface area contributed by atoms with E-state index in [2.05, 4.69) is 6.92 Å². The number of aliphatic hydroxyl groups excluding tert-OH is 7. The van der Waals surface area contributed by atoms with Crippen LogP contribution in [0.3, 0.4) is 0 Å². The van der Waals surface area contributed by atoms with Gasteiger partial charge in [0.25, 0.3) is 0 Å². The SMILES string of the molecule is CCCCCCCCCCCCCCCCCCS[C@@H]1O[C@H](CO)[C@@H](O[C@H]2O[C@H](CO)[C@@H](O)[C@H](O)[C@H]2O)[C@H](O)[C@H]1O. The van der Waals surface area contributed by atoms with Gasteiger partial charge in [0, 0.05) is 0 Å².